The third-order valence-electron chi connectivity index (χ3n) is 5.47. The molecule has 0 aliphatic carbocycles. The van der Waals surface area contributed by atoms with Gasteiger partial charge in [0.05, 0.1) is 22.3 Å². The number of carbonyl (C=O) groups is 1. The van der Waals surface area contributed by atoms with Crippen molar-refractivity contribution in [2.24, 2.45) is 0 Å². The molecule has 32 heavy (non-hydrogen) atoms. The zero-order valence-electron chi connectivity index (χ0n) is 18.3. The fourth-order valence-electron chi connectivity index (χ4n) is 3.79. The number of rotatable bonds is 7. The zero-order valence-corrected chi connectivity index (χ0v) is 19.1. The monoisotopic (exact) mass is 451 g/mol. The SMILES string of the molecule is CCn1c(COC(=O)Cc2cccc3ccccc23)nc2cc(S(=O)(=O)N(C)C)ccc21. The maximum atomic E-state index is 12.6. The van der Waals surface area contributed by atoms with Gasteiger partial charge in [-0.15, -0.1) is 0 Å². The lowest BCUT2D eigenvalue weighted by Gasteiger charge is -2.11. The Morgan fingerprint density at radius 3 is 2.56 bits per heavy atom. The molecule has 4 rings (SSSR count). The number of aryl methyl sites for hydroxylation is 1. The number of fused-ring (bicyclic) bond motifs is 2. The van der Waals surface area contributed by atoms with E-state index >= 15 is 0 Å². The molecular formula is C24H25N3O4S. The molecule has 0 amide bonds. The molecule has 3 aromatic carbocycles. The summed E-state index contributed by atoms with van der Waals surface area (Å²) in [6, 6.07) is 18.7. The second-order valence-corrected chi connectivity index (χ2v) is 9.84. The van der Waals surface area contributed by atoms with Crippen LogP contribution in [0.1, 0.15) is 18.3 Å². The molecular weight excluding hydrogens is 426 g/mol. The first-order valence-corrected chi connectivity index (χ1v) is 11.8. The summed E-state index contributed by atoms with van der Waals surface area (Å²) in [6.07, 6.45) is 0.166. The van der Waals surface area contributed by atoms with Gasteiger partial charge in [0.1, 0.15) is 12.4 Å². The number of aromatic nitrogens is 2. The highest BCUT2D eigenvalue weighted by atomic mass is 32.2. The summed E-state index contributed by atoms with van der Waals surface area (Å²) in [5.41, 5.74) is 2.26. The van der Waals surface area contributed by atoms with E-state index in [9.17, 15) is 13.2 Å². The van der Waals surface area contributed by atoms with Crippen LogP contribution < -0.4 is 0 Å². The van der Waals surface area contributed by atoms with Gasteiger partial charge in [-0.3, -0.25) is 4.79 Å². The number of hydrogen-bond acceptors (Lipinski definition) is 5. The van der Waals surface area contributed by atoms with Crippen LogP contribution in [0.15, 0.2) is 65.6 Å². The van der Waals surface area contributed by atoms with E-state index in [4.69, 9.17) is 4.74 Å². The van der Waals surface area contributed by atoms with Crippen LogP contribution >= 0.6 is 0 Å². The van der Waals surface area contributed by atoms with E-state index in [1.54, 1.807) is 18.2 Å². The van der Waals surface area contributed by atoms with Crippen molar-refractivity contribution in [3.8, 4) is 0 Å². The second kappa shape index (κ2) is 8.72. The van der Waals surface area contributed by atoms with Crippen LogP contribution in [0.5, 0.6) is 0 Å². The van der Waals surface area contributed by atoms with E-state index in [2.05, 4.69) is 4.98 Å². The third kappa shape index (κ3) is 4.11. The maximum Gasteiger partial charge on any atom is 0.310 e. The van der Waals surface area contributed by atoms with Crippen molar-refractivity contribution in [2.45, 2.75) is 31.4 Å². The quantitative estimate of drug-likeness (QED) is 0.400. The van der Waals surface area contributed by atoms with Crippen molar-refractivity contribution in [1.82, 2.24) is 13.9 Å². The normalized spacial score (nSPS) is 12.0. The van der Waals surface area contributed by atoms with Gasteiger partial charge in [0, 0.05) is 20.6 Å². The van der Waals surface area contributed by atoms with E-state index in [0.717, 1.165) is 21.9 Å². The molecule has 166 valence electrons. The summed E-state index contributed by atoms with van der Waals surface area (Å²) in [6.45, 7) is 2.60. The van der Waals surface area contributed by atoms with Gasteiger partial charge in [0.2, 0.25) is 10.0 Å². The molecule has 0 atom stereocenters. The Kier molecular flexibility index (Phi) is 5.99. The van der Waals surface area contributed by atoms with Gasteiger partial charge >= 0.3 is 5.97 Å². The summed E-state index contributed by atoms with van der Waals surface area (Å²) >= 11 is 0. The number of ether oxygens (including phenoxy) is 1. The molecule has 0 fully saturated rings. The molecule has 4 aromatic rings. The van der Waals surface area contributed by atoms with Crippen molar-refractivity contribution in [1.29, 1.82) is 0 Å². The number of imidazole rings is 1. The van der Waals surface area contributed by atoms with Crippen molar-refractivity contribution in [3.63, 3.8) is 0 Å². The van der Waals surface area contributed by atoms with Gasteiger partial charge in [-0.25, -0.2) is 17.7 Å². The Hall–Kier alpha value is -3.23. The number of benzene rings is 3. The molecule has 0 spiro atoms. The summed E-state index contributed by atoms with van der Waals surface area (Å²) in [4.78, 5) is 17.3. The maximum absolute atomic E-state index is 12.6. The van der Waals surface area contributed by atoms with Crippen LogP contribution in [-0.4, -0.2) is 42.3 Å². The predicted molar refractivity (Wildman–Crippen MR) is 124 cm³/mol. The first kappa shape index (κ1) is 22.0. The lowest BCUT2D eigenvalue weighted by atomic mass is 10.0. The summed E-state index contributed by atoms with van der Waals surface area (Å²) < 4.78 is 33.5. The fourth-order valence-corrected chi connectivity index (χ4v) is 4.71. The van der Waals surface area contributed by atoms with E-state index in [1.807, 2.05) is 54.0 Å². The van der Waals surface area contributed by atoms with Gasteiger partial charge < -0.3 is 9.30 Å². The smallest absolute Gasteiger partial charge is 0.310 e. The summed E-state index contributed by atoms with van der Waals surface area (Å²) in [5, 5.41) is 2.11. The molecule has 0 N–H and O–H groups in total. The molecule has 8 heteroatoms. The minimum Gasteiger partial charge on any atom is -0.457 e. The third-order valence-corrected chi connectivity index (χ3v) is 7.28. The van der Waals surface area contributed by atoms with Gasteiger partial charge in [0.25, 0.3) is 0 Å². The fraction of sp³-hybridized carbons (Fsp3) is 0.250. The minimum absolute atomic E-state index is 0.0158. The standard InChI is InChI=1S/C24H25N3O4S/c1-4-27-22-13-12-19(32(29,30)26(2)3)15-21(22)25-23(27)16-31-24(28)14-18-10-7-9-17-8-5-6-11-20(17)18/h5-13,15H,4,14,16H2,1-3H3. The highest BCUT2D eigenvalue weighted by Gasteiger charge is 2.20. The molecule has 1 aromatic heterocycles. The Morgan fingerprint density at radius 1 is 1.06 bits per heavy atom. The number of sulfonamides is 1. The van der Waals surface area contributed by atoms with Crippen molar-refractivity contribution < 1.29 is 17.9 Å². The first-order valence-electron chi connectivity index (χ1n) is 10.3. The van der Waals surface area contributed by atoms with E-state index in [1.165, 1.54) is 18.4 Å². The predicted octanol–water partition coefficient (Wildman–Crippen LogP) is 3.75. The Labute approximate surface area is 187 Å². The average molecular weight is 452 g/mol. The number of esters is 1. The molecule has 1 heterocycles. The Bertz CT molecular complexity index is 1400. The van der Waals surface area contributed by atoms with Crippen LogP contribution in [0.25, 0.3) is 21.8 Å². The highest BCUT2D eigenvalue weighted by Crippen LogP contribution is 2.23. The second-order valence-electron chi connectivity index (χ2n) is 7.69. The first-order chi connectivity index (χ1) is 15.3. The lowest BCUT2D eigenvalue weighted by Crippen LogP contribution is -2.22. The molecule has 0 bridgehead atoms. The number of carbonyl (C=O) groups excluding carboxylic acids is 1. The molecule has 0 unspecified atom stereocenters. The van der Waals surface area contributed by atoms with Crippen LogP contribution in [0, 0.1) is 0 Å². The van der Waals surface area contributed by atoms with Crippen molar-refractivity contribution in [2.75, 3.05) is 14.1 Å². The topological polar surface area (TPSA) is 81.5 Å². The minimum atomic E-state index is -3.56. The summed E-state index contributed by atoms with van der Waals surface area (Å²) in [5.74, 6) is 0.236. The van der Waals surface area contributed by atoms with E-state index in [0.29, 0.717) is 17.9 Å². The Morgan fingerprint density at radius 2 is 1.81 bits per heavy atom. The highest BCUT2D eigenvalue weighted by molar-refractivity contribution is 7.89. The van der Waals surface area contributed by atoms with Crippen molar-refractivity contribution >= 4 is 37.8 Å². The van der Waals surface area contributed by atoms with Crippen LogP contribution in [0.4, 0.5) is 0 Å². The molecule has 0 radical (unpaired) electrons. The summed E-state index contributed by atoms with van der Waals surface area (Å²) in [7, 11) is -0.576. The van der Waals surface area contributed by atoms with Gasteiger partial charge in [0.15, 0.2) is 0 Å². The van der Waals surface area contributed by atoms with Crippen LogP contribution in [0.2, 0.25) is 0 Å². The lowest BCUT2D eigenvalue weighted by molar-refractivity contribution is -0.144. The zero-order chi connectivity index (χ0) is 22.9. The molecule has 0 aliphatic rings. The van der Waals surface area contributed by atoms with E-state index in [-0.39, 0.29) is 23.9 Å². The van der Waals surface area contributed by atoms with Crippen LogP contribution in [-0.2, 0) is 39.1 Å². The van der Waals surface area contributed by atoms with Gasteiger partial charge in [-0.1, -0.05) is 42.5 Å². The van der Waals surface area contributed by atoms with Crippen molar-refractivity contribution in [3.05, 3.63) is 72.1 Å². The average Bonchev–Trinajstić information content (AvgIpc) is 3.14. The molecule has 0 saturated heterocycles. The van der Waals surface area contributed by atoms with Crippen LogP contribution in [0.3, 0.4) is 0 Å². The number of hydrogen-bond donors (Lipinski definition) is 0. The van der Waals surface area contributed by atoms with E-state index < -0.39 is 10.0 Å². The molecule has 0 aliphatic heterocycles. The molecule has 0 saturated carbocycles. The Balaban J connectivity index is 1.55. The molecule has 7 nitrogen and oxygen atoms in total. The largest absolute Gasteiger partial charge is 0.457 e. The number of nitrogens with zero attached hydrogens (tertiary/aromatic N) is 3. The van der Waals surface area contributed by atoms with Gasteiger partial charge in [-0.05, 0) is 41.5 Å². The van der Waals surface area contributed by atoms with Gasteiger partial charge in [-0.2, -0.15) is 0 Å².